The molecule has 0 N–H and O–H groups in total. The fourth-order valence-corrected chi connectivity index (χ4v) is 2.08. The van der Waals surface area contributed by atoms with Gasteiger partial charge in [-0.2, -0.15) is 4.98 Å². The van der Waals surface area contributed by atoms with Crippen LogP contribution in [0.4, 0.5) is 0 Å². The van der Waals surface area contributed by atoms with Crippen molar-refractivity contribution in [2.24, 2.45) is 0 Å². The van der Waals surface area contributed by atoms with Crippen LogP contribution >= 0.6 is 0 Å². The van der Waals surface area contributed by atoms with E-state index in [2.05, 4.69) is 11.9 Å². The fourth-order valence-electron chi connectivity index (χ4n) is 2.08. The van der Waals surface area contributed by atoms with Gasteiger partial charge in [-0.15, -0.1) is 0 Å². The number of aromatic nitrogens is 2. The van der Waals surface area contributed by atoms with E-state index in [9.17, 15) is 4.79 Å². The lowest BCUT2D eigenvalue weighted by Gasteiger charge is -2.00. The number of hydrogen-bond donors (Lipinski definition) is 0. The summed E-state index contributed by atoms with van der Waals surface area (Å²) in [5, 5.41) is 0.849. The van der Waals surface area contributed by atoms with Gasteiger partial charge in [0.15, 0.2) is 0 Å². The Bertz CT molecular complexity index is 586. The summed E-state index contributed by atoms with van der Waals surface area (Å²) in [5.41, 5.74) is 0.0732. The lowest BCUT2D eigenvalue weighted by molar-refractivity contribution is 0.127. The molecule has 0 atom stereocenters. The quantitative estimate of drug-likeness (QED) is 0.721. The van der Waals surface area contributed by atoms with Gasteiger partial charge in [0.2, 0.25) is 5.71 Å². The summed E-state index contributed by atoms with van der Waals surface area (Å²) in [5.74, 6) is 0.896. The van der Waals surface area contributed by atoms with Crippen molar-refractivity contribution in [2.45, 2.75) is 45.8 Å². The van der Waals surface area contributed by atoms with Gasteiger partial charge in [-0.05, 0) is 12.5 Å². The molecule has 0 aliphatic carbocycles. The molecule has 0 aliphatic rings. The number of hydrogen-bond acceptors (Lipinski definition) is 4. The highest BCUT2D eigenvalue weighted by atomic mass is 16.5. The Labute approximate surface area is 112 Å². The predicted octanol–water partition coefficient (Wildman–Crippen LogP) is 2.72. The van der Waals surface area contributed by atoms with Crippen LogP contribution in [0, 0.1) is 0 Å². The second-order valence-electron chi connectivity index (χ2n) is 4.69. The van der Waals surface area contributed by atoms with Crippen molar-refractivity contribution < 1.29 is 9.15 Å². The van der Waals surface area contributed by atoms with Gasteiger partial charge in [0, 0.05) is 19.7 Å². The Hall–Kier alpha value is -1.62. The van der Waals surface area contributed by atoms with Crippen molar-refractivity contribution in [3.8, 4) is 0 Å². The molecule has 0 radical (unpaired) electrons. The SMILES string of the molecule is CCCCCCc1cc2cn(COC)c(=O)nc2o1. The zero-order valence-corrected chi connectivity index (χ0v) is 11.5. The summed E-state index contributed by atoms with van der Waals surface area (Å²) in [4.78, 5) is 15.6. The first-order chi connectivity index (χ1) is 9.24. The third-order valence-corrected chi connectivity index (χ3v) is 3.07. The van der Waals surface area contributed by atoms with Gasteiger partial charge >= 0.3 is 5.69 Å². The highest BCUT2D eigenvalue weighted by Crippen LogP contribution is 2.17. The van der Waals surface area contributed by atoms with Crippen LogP contribution in [0.5, 0.6) is 0 Å². The third kappa shape index (κ3) is 3.44. The zero-order chi connectivity index (χ0) is 13.7. The number of rotatable bonds is 7. The standard InChI is InChI=1S/C14H20N2O3/c1-3-4-5-6-7-12-8-11-9-16(10-18-2)14(17)15-13(11)19-12/h8-9H,3-7,10H2,1-2H3. The van der Waals surface area contributed by atoms with Crippen LogP contribution in [0.3, 0.4) is 0 Å². The summed E-state index contributed by atoms with van der Waals surface area (Å²) in [6.07, 6.45) is 7.41. The molecule has 0 bridgehead atoms. The molecule has 2 heterocycles. The van der Waals surface area contributed by atoms with Crippen molar-refractivity contribution in [3.05, 3.63) is 28.5 Å². The van der Waals surface area contributed by atoms with Crippen LogP contribution in [0.25, 0.3) is 11.1 Å². The predicted molar refractivity (Wildman–Crippen MR) is 73.1 cm³/mol. The number of furan rings is 1. The highest BCUT2D eigenvalue weighted by Gasteiger charge is 2.08. The van der Waals surface area contributed by atoms with E-state index in [1.165, 1.54) is 23.8 Å². The topological polar surface area (TPSA) is 57.3 Å². The average Bonchev–Trinajstić information content (AvgIpc) is 2.77. The first-order valence-corrected chi connectivity index (χ1v) is 6.73. The van der Waals surface area contributed by atoms with Crippen LogP contribution in [0.1, 0.15) is 38.4 Å². The molecule has 19 heavy (non-hydrogen) atoms. The summed E-state index contributed by atoms with van der Waals surface area (Å²) in [6.45, 7) is 2.40. The van der Waals surface area contributed by atoms with E-state index in [0.717, 1.165) is 24.0 Å². The molecule has 0 aromatic carbocycles. The molecule has 0 spiro atoms. The molecule has 2 aromatic heterocycles. The second-order valence-corrected chi connectivity index (χ2v) is 4.69. The molecular formula is C14H20N2O3. The van der Waals surface area contributed by atoms with E-state index < -0.39 is 0 Å². The first kappa shape index (κ1) is 13.8. The fraction of sp³-hybridized carbons (Fsp3) is 0.571. The maximum absolute atomic E-state index is 11.6. The molecule has 104 valence electrons. The van der Waals surface area contributed by atoms with E-state index >= 15 is 0 Å². The molecule has 0 saturated carbocycles. The Kier molecular flexibility index (Phi) is 4.74. The summed E-state index contributed by atoms with van der Waals surface area (Å²) >= 11 is 0. The Balaban J connectivity index is 2.13. The minimum absolute atomic E-state index is 0.207. The Morgan fingerprint density at radius 2 is 2.21 bits per heavy atom. The smallest absolute Gasteiger partial charge is 0.352 e. The average molecular weight is 264 g/mol. The highest BCUT2D eigenvalue weighted by molar-refractivity contribution is 5.72. The zero-order valence-electron chi connectivity index (χ0n) is 11.5. The van der Waals surface area contributed by atoms with Gasteiger partial charge in [0.05, 0.1) is 5.39 Å². The summed E-state index contributed by atoms with van der Waals surface area (Å²) in [6, 6.07) is 1.96. The Morgan fingerprint density at radius 1 is 1.37 bits per heavy atom. The summed E-state index contributed by atoms with van der Waals surface area (Å²) in [7, 11) is 1.55. The van der Waals surface area contributed by atoms with Crippen molar-refractivity contribution in [2.75, 3.05) is 7.11 Å². The third-order valence-electron chi connectivity index (χ3n) is 3.07. The van der Waals surface area contributed by atoms with Crippen LogP contribution in [-0.2, 0) is 17.9 Å². The number of aryl methyl sites for hydroxylation is 1. The summed E-state index contributed by atoms with van der Waals surface area (Å²) < 4.78 is 12.0. The van der Waals surface area contributed by atoms with Crippen LogP contribution in [0.2, 0.25) is 0 Å². The molecule has 0 aliphatic heterocycles. The number of fused-ring (bicyclic) bond motifs is 1. The molecule has 5 heteroatoms. The number of nitrogens with zero attached hydrogens (tertiary/aromatic N) is 2. The maximum Gasteiger partial charge on any atom is 0.352 e. The minimum Gasteiger partial charge on any atom is -0.443 e. The number of ether oxygens (including phenoxy) is 1. The van der Waals surface area contributed by atoms with E-state index in [-0.39, 0.29) is 12.4 Å². The number of methoxy groups -OCH3 is 1. The van der Waals surface area contributed by atoms with E-state index in [1.807, 2.05) is 6.07 Å². The minimum atomic E-state index is -0.346. The molecule has 2 rings (SSSR count). The normalized spacial score (nSPS) is 11.3. The lowest BCUT2D eigenvalue weighted by Crippen LogP contribution is -2.22. The van der Waals surface area contributed by atoms with Crippen LogP contribution in [0.15, 0.2) is 21.5 Å². The van der Waals surface area contributed by atoms with Crippen molar-refractivity contribution >= 4 is 11.1 Å². The molecular weight excluding hydrogens is 244 g/mol. The molecule has 0 amide bonds. The molecule has 0 unspecified atom stereocenters. The number of unbranched alkanes of at least 4 members (excludes halogenated alkanes) is 3. The van der Waals surface area contributed by atoms with Gasteiger partial charge in [-0.3, -0.25) is 4.57 Å². The van der Waals surface area contributed by atoms with Gasteiger partial charge in [-0.1, -0.05) is 26.2 Å². The monoisotopic (exact) mass is 264 g/mol. The van der Waals surface area contributed by atoms with E-state index in [1.54, 1.807) is 13.3 Å². The molecule has 5 nitrogen and oxygen atoms in total. The van der Waals surface area contributed by atoms with Gasteiger partial charge in [0.1, 0.15) is 12.5 Å². The van der Waals surface area contributed by atoms with E-state index in [0.29, 0.717) is 5.71 Å². The van der Waals surface area contributed by atoms with Crippen molar-refractivity contribution in [1.29, 1.82) is 0 Å². The van der Waals surface area contributed by atoms with Gasteiger partial charge in [-0.25, -0.2) is 4.79 Å². The largest absolute Gasteiger partial charge is 0.443 e. The molecule has 2 aromatic rings. The van der Waals surface area contributed by atoms with Crippen molar-refractivity contribution in [1.82, 2.24) is 9.55 Å². The molecule has 0 fully saturated rings. The van der Waals surface area contributed by atoms with Gasteiger partial charge < -0.3 is 9.15 Å². The van der Waals surface area contributed by atoms with Gasteiger partial charge in [0.25, 0.3) is 0 Å². The van der Waals surface area contributed by atoms with E-state index in [4.69, 9.17) is 9.15 Å². The van der Waals surface area contributed by atoms with Crippen molar-refractivity contribution in [3.63, 3.8) is 0 Å². The second kappa shape index (κ2) is 6.52. The molecule has 0 saturated heterocycles. The Morgan fingerprint density at radius 3 is 2.95 bits per heavy atom. The maximum atomic E-state index is 11.6. The lowest BCUT2D eigenvalue weighted by atomic mass is 10.1. The van der Waals surface area contributed by atoms with Crippen LogP contribution in [-0.4, -0.2) is 16.7 Å². The first-order valence-electron chi connectivity index (χ1n) is 6.73. The van der Waals surface area contributed by atoms with Crippen LogP contribution < -0.4 is 5.69 Å².